The first-order valence-corrected chi connectivity index (χ1v) is 7.31. The molecule has 1 atom stereocenters. The van der Waals surface area contributed by atoms with Gasteiger partial charge in [-0.25, -0.2) is 0 Å². The first kappa shape index (κ1) is 14.6. The van der Waals surface area contributed by atoms with Crippen LogP contribution in [0.4, 0.5) is 5.69 Å². The van der Waals surface area contributed by atoms with Crippen molar-refractivity contribution in [3.8, 4) is 0 Å². The molecular formula is C15H18N4O3. The van der Waals surface area contributed by atoms with Gasteiger partial charge in [0.25, 0.3) is 5.69 Å². The molecule has 0 radical (unpaired) electrons. The Bertz CT molecular complexity index is 681. The molecule has 3 rings (SSSR count). The minimum atomic E-state index is -0.379. The van der Waals surface area contributed by atoms with E-state index in [1.165, 1.54) is 6.07 Å². The highest BCUT2D eigenvalue weighted by atomic mass is 16.6. The van der Waals surface area contributed by atoms with E-state index in [9.17, 15) is 10.1 Å². The molecule has 7 nitrogen and oxygen atoms in total. The molecule has 116 valence electrons. The summed E-state index contributed by atoms with van der Waals surface area (Å²) in [5.41, 5.74) is 0.991. The topological polar surface area (TPSA) is 85.3 Å². The second kappa shape index (κ2) is 5.84. The molecule has 2 aromatic rings. The van der Waals surface area contributed by atoms with Crippen molar-refractivity contribution in [1.29, 1.82) is 0 Å². The first-order valence-electron chi connectivity index (χ1n) is 7.31. The molecule has 1 aromatic heterocycles. The van der Waals surface area contributed by atoms with E-state index in [0.717, 1.165) is 24.3 Å². The number of benzene rings is 1. The number of aromatic nitrogens is 2. The SMILES string of the molecule is CC(c1cccc([N+](=O)[O-])c1)N(C)Cc1nnc(C2CC2)o1. The third-order valence-electron chi connectivity index (χ3n) is 4.02. The molecule has 1 aromatic carbocycles. The van der Waals surface area contributed by atoms with Crippen molar-refractivity contribution in [3.05, 3.63) is 51.7 Å². The molecule has 1 aliphatic carbocycles. The van der Waals surface area contributed by atoms with Crippen LogP contribution in [0.1, 0.15) is 49.1 Å². The van der Waals surface area contributed by atoms with Crippen LogP contribution in [0.2, 0.25) is 0 Å². The lowest BCUT2D eigenvalue weighted by Crippen LogP contribution is -2.22. The quantitative estimate of drug-likeness (QED) is 0.602. The molecule has 1 heterocycles. The van der Waals surface area contributed by atoms with Gasteiger partial charge in [-0.05, 0) is 32.4 Å². The molecule has 22 heavy (non-hydrogen) atoms. The molecule has 0 bridgehead atoms. The van der Waals surface area contributed by atoms with Gasteiger partial charge in [0.2, 0.25) is 11.8 Å². The van der Waals surface area contributed by atoms with Crippen molar-refractivity contribution in [2.45, 2.75) is 38.3 Å². The third kappa shape index (κ3) is 3.14. The van der Waals surface area contributed by atoms with Gasteiger partial charge in [0.05, 0.1) is 11.5 Å². The van der Waals surface area contributed by atoms with Crippen LogP contribution in [-0.4, -0.2) is 27.1 Å². The summed E-state index contributed by atoms with van der Waals surface area (Å²) in [6.07, 6.45) is 2.25. The van der Waals surface area contributed by atoms with Gasteiger partial charge in [-0.2, -0.15) is 0 Å². The number of hydrogen-bond acceptors (Lipinski definition) is 6. The Balaban J connectivity index is 1.68. The fourth-order valence-corrected chi connectivity index (χ4v) is 2.33. The summed E-state index contributed by atoms with van der Waals surface area (Å²) < 4.78 is 5.65. The monoisotopic (exact) mass is 302 g/mol. The highest BCUT2D eigenvalue weighted by Crippen LogP contribution is 2.39. The fourth-order valence-electron chi connectivity index (χ4n) is 2.33. The van der Waals surface area contributed by atoms with E-state index >= 15 is 0 Å². The Labute approximate surface area is 128 Å². The summed E-state index contributed by atoms with van der Waals surface area (Å²) in [4.78, 5) is 12.5. The highest BCUT2D eigenvalue weighted by molar-refractivity contribution is 5.35. The van der Waals surface area contributed by atoms with E-state index in [1.54, 1.807) is 12.1 Å². The minimum Gasteiger partial charge on any atom is -0.424 e. The lowest BCUT2D eigenvalue weighted by atomic mass is 10.1. The molecule has 0 saturated heterocycles. The molecular weight excluding hydrogens is 284 g/mol. The summed E-state index contributed by atoms with van der Waals surface area (Å²) >= 11 is 0. The van der Waals surface area contributed by atoms with Crippen molar-refractivity contribution in [1.82, 2.24) is 15.1 Å². The van der Waals surface area contributed by atoms with Gasteiger partial charge in [0.15, 0.2) is 0 Å². The van der Waals surface area contributed by atoms with Gasteiger partial charge in [0, 0.05) is 24.1 Å². The fraction of sp³-hybridized carbons (Fsp3) is 0.467. The zero-order valence-electron chi connectivity index (χ0n) is 12.6. The van der Waals surface area contributed by atoms with Crippen molar-refractivity contribution >= 4 is 5.69 Å². The van der Waals surface area contributed by atoms with Crippen molar-refractivity contribution in [2.24, 2.45) is 0 Å². The number of nitrogens with zero attached hydrogens (tertiary/aromatic N) is 4. The lowest BCUT2D eigenvalue weighted by molar-refractivity contribution is -0.384. The normalized spacial score (nSPS) is 16.0. The third-order valence-corrected chi connectivity index (χ3v) is 4.02. The Hall–Kier alpha value is -2.28. The van der Waals surface area contributed by atoms with E-state index in [2.05, 4.69) is 10.2 Å². The zero-order chi connectivity index (χ0) is 15.7. The van der Waals surface area contributed by atoms with E-state index in [-0.39, 0.29) is 16.7 Å². The zero-order valence-corrected chi connectivity index (χ0v) is 12.6. The molecule has 1 aliphatic rings. The molecule has 1 unspecified atom stereocenters. The minimum absolute atomic E-state index is 0.0103. The van der Waals surface area contributed by atoms with Crippen LogP contribution in [0.15, 0.2) is 28.7 Å². The van der Waals surface area contributed by atoms with Crippen molar-refractivity contribution in [3.63, 3.8) is 0 Å². The van der Waals surface area contributed by atoms with Gasteiger partial charge in [-0.3, -0.25) is 15.0 Å². The second-order valence-corrected chi connectivity index (χ2v) is 5.75. The summed E-state index contributed by atoms with van der Waals surface area (Å²) in [6.45, 7) is 2.51. The predicted molar refractivity (Wildman–Crippen MR) is 79.3 cm³/mol. The Morgan fingerprint density at radius 2 is 2.23 bits per heavy atom. The summed E-state index contributed by atoms with van der Waals surface area (Å²) in [6, 6.07) is 6.70. The number of nitro groups is 1. The van der Waals surface area contributed by atoms with Crippen molar-refractivity contribution in [2.75, 3.05) is 7.05 Å². The Morgan fingerprint density at radius 1 is 1.45 bits per heavy atom. The number of rotatable bonds is 6. The summed E-state index contributed by atoms with van der Waals surface area (Å²) in [7, 11) is 1.94. The average Bonchev–Trinajstić information content (AvgIpc) is 3.27. The van der Waals surface area contributed by atoms with Crippen LogP contribution in [0.3, 0.4) is 0 Å². The van der Waals surface area contributed by atoms with E-state index < -0.39 is 0 Å². The molecule has 7 heteroatoms. The molecule has 1 fully saturated rings. The van der Waals surface area contributed by atoms with Gasteiger partial charge < -0.3 is 4.42 Å². The van der Waals surface area contributed by atoms with Gasteiger partial charge in [-0.1, -0.05) is 12.1 Å². The standard InChI is InChI=1S/C15H18N4O3/c1-10(12-4-3-5-13(8-12)19(20)21)18(2)9-14-16-17-15(22-14)11-6-7-11/h3-5,8,10-11H,6-7,9H2,1-2H3. The predicted octanol–water partition coefficient (Wildman–Crippen LogP) is 3.05. The van der Waals surface area contributed by atoms with Gasteiger partial charge >= 0.3 is 0 Å². The number of non-ortho nitro benzene ring substituents is 1. The van der Waals surface area contributed by atoms with Crippen LogP contribution < -0.4 is 0 Å². The van der Waals surface area contributed by atoms with Gasteiger partial charge in [0.1, 0.15) is 0 Å². The largest absolute Gasteiger partial charge is 0.424 e. The smallest absolute Gasteiger partial charge is 0.269 e. The summed E-state index contributed by atoms with van der Waals surface area (Å²) in [5, 5.41) is 19.0. The maximum atomic E-state index is 10.9. The molecule has 0 aliphatic heterocycles. The van der Waals surface area contributed by atoms with Crippen LogP contribution in [-0.2, 0) is 6.54 Å². The highest BCUT2D eigenvalue weighted by Gasteiger charge is 2.29. The Morgan fingerprint density at radius 3 is 2.91 bits per heavy atom. The lowest BCUT2D eigenvalue weighted by Gasteiger charge is -2.23. The molecule has 0 N–H and O–H groups in total. The second-order valence-electron chi connectivity index (χ2n) is 5.75. The van der Waals surface area contributed by atoms with Gasteiger partial charge in [-0.15, -0.1) is 10.2 Å². The van der Waals surface area contributed by atoms with E-state index in [4.69, 9.17) is 4.42 Å². The summed E-state index contributed by atoms with van der Waals surface area (Å²) in [5.74, 6) is 1.76. The van der Waals surface area contributed by atoms with Crippen molar-refractivity contribution < 1.29 is 9.34 Å². The van der Waals surface area contributed by atoms with E-state index in [0.29, 0.717) is 18.4 Å². The maximum absolute atomic E-state index is 10.9. The molecule has 0 spiro atoms. The number of nitro benzene ring substituents is 1. The van der Waals surface area contributed by atoms with Crippen LogP contribution in [0.25, 0.3) is 0 Å². The van der Waals surface area contributed by atoms with E-state index in [1.807, 2.05) is 24.9 Å². The first-order chi connectivity index (χ1) is 10.5. The Kier molecular flexibility index (Phi) is 3.89. The van der Waals surface area contributed by atoms with Crippen LogP contribution in [0.5, 0.6) is 0 Å². The maximum Gasteiger partial charge on any atom is 0.269 e. The van der Waals surface area contributed by atoms with Crippen LogP contribution in [0, 0.1) is 10.1 Å². The molecule has 1 saturated carbocycles. The number of hydrogen-bond donors (Lipinski definition) is 0. The average molecular weight is 302 g/mol. The van der Waals surface area contributed by atoms with Crippen LogP contribution >= 0.6 is 0 Å². The molecule has 0 amide bonds.